The van der Waals surface area contributed by atoms with Gasteiger partial charge in [-0.25, -0.2) is 9.97 Å². The molecule has 0 radical (unpaired) electrons. The number of hydrogen-bond donors (Lipinski definition) is 1. The van der Waals surface area contributed by atoms with Crippen molar-refractivity contribution in [3.8, 4) is 0 Å². The molecule has 1 aromatic heterocycles. The van der Waals surface area contributed by atoms with Gasteiger partial charge in [-0.1, -0.05) is 13.8 Å². The molecule has 1 unspecified atom stereocenters. The van der Waals surface area contributed by atoms with Crippen LogP contribution in [0.4, 0.5) is 13.2 Å². The third-order valence-corrected chi connectivity index (χ3v) is 2.41. The van der Waals surface area contributed by atoms with Crippen molar-refractivity contribution in [2.75, 3.05) is 6.54 Å². The van der Waals surface area contributed by atoms with Crippen molar-refractivity contribution in [3.63, 3.8) is 0 Å². The molecule has 0 saturated carbocycles. The fraction of sp³-hybridized carbons (Fsp3) is 0.636. The maximum absolute atomic E-state index is 12.4. The van der Waals surface area contributed by atoms with E-state index in [1.54, 1.807) is 0 Å². The Morgan fingerprint density at radius 2 is 2.06 bits per heavy atom. The van der Waals surface area contributed by atoms with Crippen LogP contribution >= 0.6 is 0 Å². The molecule has 3 nitrogen and oxygen atoms in total. The van der Waals surface area contributed by atoms with Gasteiger partial charge in [0.1, 0.15) is 11.5 Å². The van der Waals surface area contributed by atoms with Crippen LogP contribution in [0.1, 0.15) is 31.8 Å². The molecule has 0 aliphatic heterocycles. The van der Waals surface area contributed by atoms with Gasteiger partial charge >= 0.3 is 6.18 Å². The number of halogens is 3. The average Bonchev–Trinajstić information content (AvgIpc) is 2.28. The summed E-state index contributed by atoms with van der Waals surface area (Å²) in [5.74, 6) is 0.229. The summed E-state index contributed by atoms with van der Waals surface area (Å²) in [6, 6.07) is 1.00. The highest BCUT2D eigenvalue weighted by Gasteiger charge is 2.32. The van der Waals surface area contributed by atoms with E-state index in [-0.39, 0.29) is 11.9 Å². The quantitative estimate of drug-likeness (QED) is 0.868. The van der Waals surface area contributed by atoms with Gasteiger partial charge in [-0.3, -0.25) is 0 Å². The van der Waals surface area contributed by atoms with Gasteiger partial charge in [-0.05, 0) is 19.0 Å². The van der Waals surface area contributed by atoms with E-state index in [1.165, 1.54) is 0 Å². The number of likely N-dealkylation sites (N-methyl/N-ethyl adjacent to an activating group) is 1. The lowest BCUT2D eigenvalue weighted by atomic mass is 10.1. The van der Waals surface area contributed by atoms with Crippen LogP contribution in [0.5, 0.6) is 0 Å². The van der Waals surface area contributed by atoms with Crippen LogP contribution in [-0.4, -0.2) is 22.6 Å². The molecule has 0 saturated heterocycles. The molecular formula is C11H16F3N3. The minimum Gasteiger partial charge on any atom is -0.314 e. The number of nitrogens with one attached hydrogen (secondary N) is 1. The van der Waals surface area contributed by atoms with Gasteiger partial charge in [0.05, 0.1) is 0 Å². The van der Waals surface area contributed by atoms with Gasteiger partial charge < -0.3 is 5.32 Å². The van der Waals surface area contributed by atoms with Crippen LogP contribution in [0.15, 0.2) is 12.3 Å². The van der Waals surface area contributed by atoms with Crippen LogP contribution in [0.25, 0.3) is 0 Å². The van der Waals surface area contributed by atoms with Crippen LogP contribution in [-0.2, 0) is 12.6 Å². The zero-order valence-electron chi connectivity index (χ0n) is 9.88. The number of alkyl halides is 3. The van der Waals surface area contributed by atoms with Crippen LogP contribution in [0, 0.1) is 0 Å². The predicted molar refractivity (Wildman–Crippen MR) is 58.5 cm³/mol. The number of nitrogens with zero attached hydrogens (tertiary/aromatic N) is 2. The van der Waals surface area contributed by atoms with Gasteiger partial charge in [0, 0.05) is 18.7 Å². The zero-order valence-corrected chi connectivity index (χ0v) is 9.88. The van der Waals surface area contributed by atoms with E-state index in [0.717, 1.165) is 25.2 Å². The highest BCUT2D eigenvalue weighted by Crippen LogP contribution is 2.27. The molecule has 1 N–H and O–H groups in total. The van der Waals surface area contributed by atoms with Gasteiger partial charge in [0.25, 0.3) is 0 Å². The van der Waals surface area contributed by atoms with Crippen molar-refractivity contribution in [2.45, 2.75) is 38.9 Å². The summed E-state index contributed by atoms with van der Waals surface area (Å²) < 4.78 is 37.3. The monoisotopic (exact) mass is 247 g/mol. The predicted octanol–water partition coefficient (Wildman–Crippen LogP) is 2.43. The zero-order chi connectivity index (χ0) is 12.9. The summed E-state index contributed by atoms with van der Waals surface area (Å²) in [6.07, 6.45) is -2.01. The summed E-state index contributed by atoms with van der Waals surface area (Å²) >= 11 is 0. The molecule has 1 heterocycles. The van der Waals surface area contributed by atoms with E-state index in [2.05, 4.69) is 15.3 Å². The second-order valence-corrected chi connectivity index (χ2v) is 3.72. The SMILES string of the molecule is CCNC(CC)Cc1nccc(C(F)(F)F)n1. The largest absolute Gasteiger partial charge is 0.433 e. The first kappa shape index (κ1) is 13.9. The fourth-order valence-electron chi connectivity index (χ4n) is 1.53. The van der Waals surface area contributed by atoms with Crippen molar-refractivity contribution in [1.29, 1.82) is 0 Å². The smallest absolute Gasteiger partial charge is 0.314 e. The third-order valence-electron chi connectivity index (χ3n) is 2.41. The standard InChI is InChI=1S/C11H16F3N3/c1-3-8(15-4-2)7-10-16-6-5-9(17-10)11(12,13)14/h5-6,8,15H,3-4,7H2,1-2H3. The number of hydrogen-bond acceptors (Lipinski definition) is 3. The van der Waals surface area contributed by atoms with E-state index in [0.29, 0.717) is 6.42 Å². The minimum atomic E-state index is -4.41. The topological polar surface area (TPSA) is 37.8 Å². The fourth-order valence-corrected chi connectivity index (χ4v) is 1.53. The van der Waals surface area contributed by atoms with Crippen molar-refractivity contribution >= 4 is 0 Å². The molecule has 96 valence electrons. The van der Waals surface area contributed by atoms with Crippen molar-refractivity contribution in [1.82, 2.24) is 15.3 Å². The normalized spacial score (nSPS) is 13.7. The maximum Gasteiger partial charge on any atom is 0.433 e. The van der Waals surface area contributed by atoms with E-state index in [1.807, 2.05) is 13.8 Å². The van der Waals surface area contributed by atoms with Crippen LogP contribution < -0.4 is 5.32 Å². The van der Waals surface area contributed by atoms with Crippen molar-refractivity contribution in [3.05, 3.63) is 23.8 Å². The molecule has 1 atom stereocenters. The average molecular weight is 247 g/mol. The van der Waals surface area contributed by atoms with Gasteiger partial charge in [-0.2, -0.15) is 13.2 Å². The van der Waals surface area contributed by atoms with E-state index >= 15 is 0 Å². The third kappa shape index (κ3) is 4.30. The highest BCUT2D eigenvalue weighted by atomic mass is 19.4. The summed E-state index contributed by atoms with van der Waals surface area (Å²) in [5, 5.41) is 3.18. The molecule has 0 aliphatic carbocycles. The van der Waals surface area contributed by atoms with Crippen LogP contribution in [0.3, 0.4) is 0 Å². The van der Waals surface area contributed by atoms with Gasteiger partial charge in [0.2, 0.25) is 0 Å². The van der Waals surface area contributed by atoms with E-state index in [4.69, 9.17) is 0 Å². The van der Waals surface area contributed by atoms with Crippen molar-refractivity contribution in [2.24, 2.45) is 0 Å². The maximum atomic E-state index is 12.4. The van der Waals surface area contributed by atoms with Gasteiger partial charge in [-0.15, -0.1) is 0 Å². The summed E-state index contributed by atoms with van der Waals surface area (Å²) in [5.41, 5.74) is -0.881. The lowest BCUT2D eigenvalue weighted by Gasteiger charge is -2.15. The first-order chi connectivity index (χ1) is 7.97. The van der Waals surface area contributed by atoms with E-state index in [9.17, 15) is 13.2 Å². The van der Waals surface area contributed by atoms with E-state index < -0.39 is 11.9 Å². The molecule has 1 rings (SSSR count). The second-order valence-electron chi connectivity index (χ2n) is 3.72. The Kier molecular flexibility index (Phi) is 4.86. The Morgan fingerprint density at radius 3 is 2.59 bits per heavy atom. The second kappa shape index (κ2) is 5.95. The molecule has 1 aromatic rings. The Hall–Kier alpha value is -1.17. The molecule has 0 amide bonds. The summed E-state index contributed by atoms with van der Waals surface area (Å²) in [4.78, 5) is 7.41. The first-order valence-electron chi connectivity index (χ1n) is 5.59. The van der Waals surface area contributed by atoms with Crippen molar-refractivity contribution < 1.29 is 13.2 Å². The molecule has 17 heavy (non-hydrogen) atoms. The lowest BCUT2D eigenvalue weighted by Crippen LogP contribution is -2.31. The minimum absolute atomic E-state index is 0.114. The first-order valence-corrected chi connectivity index (χ1v) is 5.59. The Balaban J connectivity index is 2.78. The molecule has 0 aromatic carbocycles. The molecule has 6 heteroatoms. The summed E-state index contributed by atoms with van der Waals surface area (Å²) in [7, 11) is 0. The number of aromatic nitrogens is 2. The molecule has 0 bridgehead atoms. The lowest BCUT2D eigenvalue weighted by molar-refractivity contribution is -0.141. The highest BCUT2D eigenvalue weighted by molar-refractivity contribution is 5.06. The Morgan fingerprint density at radius 1 is 1.35 bits per heavy atom. The Labute approximate surface area is 98.5 Å². The molecule has 0 fully saturated rings. The number of rotatable bonds is 5. The molecule has 0 aliphatic rings. The molecular weight excluding hydrogens is 231 g/mol. The van der Waals surface area contributed by atoms with Gasteiger partial charge in [0.15, 0.2) is 0 Å². The van der Waals surface area contributed by atoms with Crippen LogP contribution in [0.2, 0.25) is 0 Å². The molecule has 0 spiro atoms. The summed E-state index contributed by atoms with van der Waals surface area (Å²) in [6.45, 7) is 4.70. The Bertz CT molecular complexity index is 352.